The van der Waals surface area contributed by atoms with E-state index >= 15 is 0 Å². The van der Waals surface area contributed by atoms with Gasteiger partial charge in [-0.15, -0.1) is 11.3 Å². The number of nitrogens with two attached hydrogens (primary N) is 1. The van der Waals surface area contributed by atoms with Crippen LogP contribution in [0.5, 0.6) is 5.75 Å². The second-order valence-electron chi connectivity index (χ2n) is 6.31. The maximum Gasteiger partial charge on any atom is 0.148 e. The summed E-state index contributed by atoms with van der Waals surface area (Å²) >= 11 is 7.52. The first-order chi connectivity index (χ1) is 9.77. The maximum absolute atomic E-state index is 6.07. The number of ether oxygens (including phenoxy) is 1. The van der Waals surface area contributed by atoms with Gasteiger partial charge in [0.1, 0.15) is 11.9 Å². The largest absolute Gasteiger partial charge is 0.483 e. The monoisotopic (exact) mass is 323 g/mol. The summed E-state index contributed by atoms with van der Waals surface area (Å²) in [7, 11) is 0. The highest BCUT2D eigenvalue weighted by molar-refractivity contribution is 7.16. The standard InChI is InChI=1S/C17H22ClNOS/c1-11(19)16(14-9-10-15(18)21-14)20-13-7-5-12(6-8-13)17(2,3)4/h5-11,16H,19H2,1-4H3. The molecule has 0 aliphatic heterocycles. The summed E-state index contributed by atoms with van der Waals surface area (Å²) in [6, 6.07) is 12.0. The molecular weight excluding hydrogens is 302 g/mol. The van der Waals surface area contributed by atoms with Gasteiger partial charge in [0.05, 0.1) is 4.34 Å². The van der Waals surface area contributed by atoms with Crippen LogP contribution < -0.4 is 10.5 Å². The summed E-state index contributed by atoms with van der Waals surface area (Å²) in [5, 5.41) is 0. The molecule has 2 rings (SSSR count). The molecule has 2 N–H and O–H groups in total. The van der Waals surface area contributed by atoms with Crippen molar-refractivity contribution in [3.8, 4) is 5.75 Å². The molecule has 0 aliphatic rings. The Bertz CT molecular complexity index is 584. The lowest BCUT2D eigenvalue weighted by Crippen LogP contribution is -2.28. The Kier molecular flexibility index (Phi) is 4.97. The highest BCUT2D eigenvalue weighted by atomic mass is 35.5. The molecular formula is C17H22ClNOS. The molecule has 0 fully saturated rings. The number of rotatable bonds is 4. The zero-order chi connectivity index (χ0) is 15.6. The molecule has 0 saturated carbocycles. The third kappa shape index (κ3) is 4.22. The average Bonchev–Trinajstić information content (AvgIpc) is 2.81. The van der Waals surface area contributed by atoms with Gasteiger partial charge in [0.15, 0.2) is 0 Å². The van der Waals surface area contributed by atoms with Crippen LogP contribution in [-0.4, -0.2) is 6.04 Å². The van der Waals surface area contributed by atoms with E-state index in [1.807, 2.05) is 31.2 Å². The van der Waals surface area contributed by atoms with Gasteiger partial charge in [0, 0.05) is 10.9 Å². The molecule has 0 radical (unpaired) electrons. The number of thiophene rings is 1. The summed E-state index contributed by atoms with van der Waals surface area (Å²) in [6.07, 6.45) is -0.178. The third-order valence-corrected chi connectivity index (χ3v) is 4.63. The van der Waals surface area contributed by atoms with Crippen LogP contribution in [0.2, 0.25) is 4.34 Å². The van der Waals surface area contributed by atoms with Crippen molar-refractivity contribution in [3.63, 3.8) is 0 Å². The van der Waals surface area contributed by atoms with E-state index in [1.165, 1.54) is 16.9 Å². The zero-order valence-corrected chi connectivity index (χ0v) is 14.5. The van der Waals surface area contributed by atoms with Gasteiger partial charge < -0.3 is 10.5 Å². The second kappa shape index (κ2) is 6.39. The first-order valence-electron chi connectivity index (χ1n) is 7.05. The van der Waals surface area contributed by atoms with Crippen molar-refractivity contribution in [2.75, 3.05) is 0 Å². The molecule has 2 nitrogen and oxygen atoms in total. The molecule has 2 atom stereocenters. The van der Waals surface area contributed by atoms with E-state index in [0.717, 1.165) is 15.0 Å². The Hall–Kier alpha value is -1.03. The summed E-state index contributed by atoms with van der Waals surface area (Å²) < 4.78 is 6.82. The number of benzene rings is 1. The molecule has 1 aromatic heterocycles. The minimum atomic E-state index is -0.178. The van der Waals surface area contributed by atoms with Crippen molar-refractivity contribution < 1.29 is 4.74 Å². The fraction of sp³-hybridized carbons (Fsp3) is 0.412. The fourth-order valence-corrected chi connectivity index (χ4v) is 3.29. The fourth-order valence-electron chi connectivity index (χ4n) is 2.09. The second-order valence-corrected chi connectivity index (χ2v) is 8.06. The SMILES string of the molecule is CC(N)C(Oc1ccc(C(C)(C)C)cc1)c1ccc(Cl)s1. The van der Waals surface area contributed by atoms with E-state index in [9.17, 15) is 0 Å². The average molecular weight is 324 g/mol. The normalized spacial score (nSPS) is 14.8. The summed E-state index contributed by atoms with van der Waals surface area (Å²) in [6.45, 7) is 8.53. The molecule has 0 aliphatic carbocycles. The first kappa shape index (κ1) is 16.3. The molecule has 2 aromatic rings. The van der Waals surface area contributed by atoms with Gasteiger partial charge in [-0.1, -0.05) is 44.5 Å². The molecule has 0 saturated heterocycles. The van der Waals surface area contributed by atoms with Crippen LogP contribution in [0.1, 0.15) is 44.2 Å². The van der Waals surface area contributed by atoms with Gasteiger partial charge in [-0.05, 0) is 42.2 Å². The van der Waals surface area contributed by atoms with Crippen LogP contribution in [0.25, 0.3) is 0 Å². The molecule has 2 unspecified atom stereocenters. The van der Waals surface area contributed by atoms with Gasteiger partial charge >= 0.3 is 0 Å². The molecule has 0 spiro atoms. The predicted octanol–water partition coefficient (Wildman–Crippen LogP) is 5.17. The van der Waals surface area contributed by atoms with E-state index in [1.54, 1.807) is 0 Å². The molecule has 0 amide bonds. The van der Waals surface area contributed by atoms with Gasteiger partial charge in [-0.2, -0.15) is 0 Å². The van der Waals surface area contributed by atoms with E-state index in [0.29, 0.717) is 0 Å². The molecule has 1 aromatic carbocycles. The minimum absolute atomic E-state index is 0.109. The van der Waals surface area contributed by atoms with Crippen LogP contribution in [0, 0.1) is 0 Å². The minimum Gasteiger partial charge on any atom is -0.483 e. The lowest BCUT2D eigenvalue weighted by molar-refractivity contribution is 0.184. The van der Waals surface area contributed by atoms with Crippen molar-refractivity contribution in [3.05, 3.63) is 51.2 Å². The van der Waals surface area contributed by atoms with Crippen molar-refractivity contribution >= 4 is 22.9 Å². The lowest BCUT2D eigenvalue weighted by atomic mass is 9.87. The topological polar surface area (TPSA) is 35.2 Å². The Labute approximate surface area is 135 Å². The Morgan fingerprint density at radius 1 is 1.10 bits per heavy atom. The molecule has 4 heteroatoms. The highest BCUT2D eigenvalue weighted by Gasteiger charge is 2.21. The maximum atomic E-state index is 6.07. The van der Waals surface area contributed by atoms with Crippen molar-refractivity contribution in [2.24, 2.45) is 5.73 Å². The van der Waals surface area contributed by atoms with E-state index in [4.69, 9.17) is 22.1 Å². The van der Waals surface area contributed by atoms with Gasteiger partial charge in [-0.25, -0.2) is 0 Å². The van der Waals surface area contributed by atoms with Crippen LogP contribution >= 0.6 is 22.9 Å². The number of hydrogen-bond acceptors (Lipinski definition) is 3. The summed E-state index contributed by atoms with van der Waals surface area (Å²) in [4.78, 5) is 1.05. The van der Waals surface area contributed by atoms with Crippen molar-refractivity contribution in [2.45, 2.75) is 45.3 Å². The van der Waals surface area contributed by atoms with Crippen LogP contribution in [0.3, 0.4) is 0 Å². The van der Waals surface area contributed by atoms with Crippen LogP contribution in [0.15, 0.2) is 36.4 Å². The highest BCUT2D eigenvalue weighted by Crippen LogP contribution is 2.32. The van der Waals surface area contributed by atoms with E-state index in [-0.39, 0.29) is 17.6 Å². The Morgan fingerprint density at radius 3 is 2.14 bits per heavy atom. The molecule has 114 valence electrons. The quantitative estimate of drug-likeness (QED) is 0.842. The summed E-state index contributed by atoms with van der Waals surface area (Å²) in [5.41, 5.74) is 7.49. The Balaban J connectivity index is 2.18. The van der Waals surface area contributed by atoms with Crippen molar-refractivity contribution in [1.29, 1.82) is 0 Å². The summed E-state index contributed by atoms with van der Waals surface area (Å²) in [5.74, 6) is 0.829. The lowest BCUT2D eigenvalue weighted by Gasteiger charge is -2.23. The van der Waals surface area contributed by atoms with E-state index in [2.05, 4.69) is 32.9 Å². The third-order valence-electron chi connectivity index (χ3n) is 3.34. The molecule has 0 bridgehead atoms. The van der Waals surface area contributed by atoms with E-state index < -0.39 is 0 Å². The Morgan fingerprint density at radius 2 is 1.71 bits per heavy atom. The van der Waals surface area contributed by atoms with Gasteiger partial charge in [0.2, 0.25) is 0 Å². The zero-order valence-electron chi connectivity index (χ0n) is 12.9. The van der Waals surface area contributed by atoms with Crippen LogP contribution in [-0.2, 0) is 5.41 Å². The van der Waals surface area contributed by atoms with Crippen molar-refractivity contribution in [1.82, 2.24) is 0 Å². The smallest absolute Gasteiger partial charge is 0.148 e. The molecule has 1 heterocycles. The van der Waals surface area contributed by atoms with Gasteiger partial charge in [-0.3, -0.25) is 0 Å². The van der Waals surface area contributed by atoms with Crippen LogP contribution in [0.4, 0.5) is 0 Å². The number of hydrogen-bond donors (Lipinski definition) is 1. The predicted molar refractivity (Wildman–Crippen MR) is 91.5 cm³/mol. The number of halogens is 1. The molecule has 21 heavy (non-hydrogen) atoms. The first-order valence-corrected chi connectivity index (χ1v) is 8.25. The van der Waals surface area contributed by atoms with Gasteiger partial charge in [0.25, 0.3) is 0 Å².